The number of methoxy groups -OCH3 is 1. The molecule has 0 atom stereocenters. The van der Waals surface area contributed by atoms with E-state index in [-0.39, 0.29) is 5.91 Å². The Hall–Kier alpha value is -1.46. The van der Waals surface area contributed by atoms with E-state index in [0.717, 1.165) is 31.4 Å². The van der Waals surface area contributed by atoms with Crippen LogP contribution in [0.25, 0.3) is 0 Å². The Labute approximate surface area is 120 Å². The summed E-state index contributed by atoms with van der Waals surface area (Å²) in [6.45, 7) is 1.54. The van der Waals surface area contributed by atoms with E-state index in [9.17, 15) is 4.79 Å². The third-order valence-corrected chi connectivity index (χ3v) is 3.85. The molecule has 5 heteroatoms. The highest BCUT2D eigenvalue weighted by Crippen LogP contribution is 2.29. The summed E-state index contributed by atoms with van der Waals surface area (Å²) in [7, 11) is 1.64. The molecule has 20 heavy (non-hydrogen) atoms. The first-order valence-corrected chi connectivity index (χ1v) is 7.13. The number of hydrogen-bond acceptors (Lipinski definition) is 4. The van der Waals surface area contributed by atoms with Crippen molar-refractivity contribution >= 4 is 5.91 Å². The van der Waals surface area contributed by atoms with Crippen molar-refractivity contribution in [3.05, 3.63) is 30.1 Å². The highest BCUT2D eigenvalue weighted by atomic mass is 16.5. The second-order valence-corrected chi connectivity index (χ2v) is 5.40. The lowest BCUT2D eigenvalue weighted by molar-refractivity contribution is -0.138. The summed E-state index contributed by atoms with van der Waals surface area (Å²) >= 11 is 0. The summed E-state index contributed by atoms with van der Waals surface area (Å²) in [5, 5.41) is 0. The fourth-order valence-electron chi connectivity index (χ4n) is 2.68. The van der Waals surface area contributed by atoms with Gasteiger partial charge in [-0.2, -0.15) is 0 Å². The number of ether oxygens (including phenoxy) is 1. The molecule has 1 fully saturated rings. The maximum atomic E-state index is 12.7. The molecule has 0 aliphatic heterocycles. The molecule has 0 saturated heterocycles. The molecule has 1 heterocycles. The highest BCUT2D eigenvalue weighted by Gasteiger charge is 2.39. The smallest absolute Gasteiger partial charge is 0.243 e. The molecule has 0 radical (unpaired) electrons. The molecule has 1 saturated carbocycles. The van der Waals surface area contributed by atoms with Crippen molar-refractivity contribution in [1.29, 1.82) is 0 Å². The Bertz CT molecular complexity index is 430. The molecule has 1 aromatic heterocycles. The lowest BCUT2D eigenvalue weighted by Gasteiger charge is -2.31. The van der Waals surface area contributed by atoms with Gasteiger partial charge in [0.1, 0.15) is 0 Å². The fourth-order valence-corrected chi connectivity index (χ4v) is 2.68. The standard InChI is InChI=1S/C15H23N3O2/c1-20-11-10-18(12-13-6-2-5-9-17-13)14(19)15(16)7-3-4-8-15/h2,5-6,9H,3-4,7-8,10-12,16H2,1H3. The van der Waals surface area contributed by atoms with Crippen LogP contribution in [-0.2, 0) is 16.1 Å². The lowest BCUT2D eigenvalue weighted by atomic mass is 9.97. The Morgan fingerprint density at radius 2 is 2.20 bits per heavy atom. The maximum Gasteiger partial charge on any atom is 0.243 e. The fraction of sp³-hybridized carbons (Fsp3) is 0.600. The third-order valence-electron chi connectivity index (χ3n) is 3.85. The van der Waals surface area contributed by atoms with E-state index in [4.69, 9.17) is 10.5 Å². The third kappa shape index (κ3) is 3.55. The summed E-state index contributed by atoms with van der Waals surface area (Å²) in [4.78, 5) is 18.8. The summed E-state index contributed by atoms with van der Waals surface area (Å²) in [5.41, 5.74) is 6.46. The van der Waals surface area contributed by atoms with E-state index in [1.807, 2.05) is 18.2 Å². The molecule has 110 valence electrons. The van der Waals surface area contributed by atoms with Gasteiger partial charge in [-0.05, 0) is 25.0 Å². The second-order valence-electron chi connectivity index (χ2n) is 5.40. The van der Waals surface area contributed by atoms with E-state index in [1.54, 1.807) is 18.2 Å². The normalized spacial score (nSPS) is 17.1. The van der Waals surface area contributed by atoms with E-state index in [1.165, 1.54) is 0 Å². The minimum absolute atomic E-state index is 0.0257. The van der Waals surface area contributed by atoms with Gasteiger partial charge in [-0.15, -0.1) is 0 Å². The Morgan fingerprint density at radius 3 is 2.80 bits per heavy atom. The number of aromatic nitrogens is 1. The van der Waals surface area contributed by atoms with Gasteiger partial charge in [0, 0.05) is 19.9 Å². The molecular weight excluding hydrogens is 254 g/mol. The molecule has 1 aromatic rings. The Balaban J connectivity index is 2.08. The van der Waals surface area contributed by atoms with Crippen molar-refractivity contribution < 1.29 is 9.53 Å². The minimum atomic E-state index is -0.692. The van der Waals surface area contributed by atoms with Gasteiger partial charge < -0.3 is 15.4 Å². The quantitative estimate of drug-likeness (QED) is 0.851. The topological polar surface area (TPSA) is 68.5 Å². The van der Waals surface area contributed by atoms with Crippen molar-refractivity contribution in [3.63, 3.8) is 0 Å². The predicted octanol–water partition coefficient (Wildman–Crippen LogP) is 1.33. The summed E-state index contributed by atoms with van der Waals surface area (Å²) in [6, 6.07) is 5.71. The zero-order valence-electron chi connectivity index (χ0n) is 12.0. The van der Waals surface area contributed by atoms with E-state index < -0.39 is 5.54 Å². The molecule has 0 bridgehead atoms. The maximum absolute atomic E-state index is 12.7. The molecule has 2 N–H and O–H groups in total. The highest BCUT2D eigenvalue weighted by molar-refractivity contribution is 5.86. The van der Waals surface area contributed by atoms with Crippen LogP contribution in [0, 0.1) is 0 Å². The Kier molecular flexibility index (Phi) is 5.09. The van der Waals surface area contributed by atoms with Gasteiger partial charge in [-0.1, -0.05) is 18.9 Å². The molecule has 5 nitrogen and oxygen atoms in total. The van der Waals surface area contributed by atoms with Gasteiger partial charge in [-0.25, -0.2) is 0 Å². The van der Waals surface area contributed by atoms with E-state index >= 15 is 0 Å². The van der Waals surface area contributed by atoms with Crippen molar-refractivity contribution in [2.45, 2.75) is 37.8 Å². The number of pyridine rings is 1. The first-order chi connectivity index (χ1) is 9.65. The van der Waals surface area contributed by atoms with Crippen LogP contribution in [0.4, 0.5) is 0 Å². The van der Waals surface area contributed by atoms with Crippen LogP contribution in [0.5, 0.6) is 0 Å². The number of hydrogen-bond donors (Lipinski definition) is 1. The van der Waals surface area contributed by atoms with Gasteiger partial charge >= 0.3 is 0 Å². The van der Waals surface area contributed by atoms with E-state index in [0.29, 0.717) is 19.7 Å². The summed E-state index contributed by atoms with van der Waals surface area (Å²) < 4.78 is 5.10. The van der Waals surface area contributed by atoms with Crippen LogP contribution in [0.3, 0.4) is 0 Å². The van der Waals surface area contributed by atoms with Crippen molar-refractivity contribution in [2.75, 3.05) is 20.3 Å². The van der Waals surface area contributed by atoms with Gasteiger partial charge in [0.2, 0.25) is 5.91 Å². The monoisotopic (exact) mass is 277 g/mol. The summed E-state index contributed by atoms with van der Waals surface area (Å²) in [5.74, 6) is 0.0257. The van der Waals surface area contributed by atoms with Crippen molar-refractivity contribution in [2.24, 2.45) is 5.73 Å². The average Bonchev–Trinajstić information content (AvgIpc) is 2.92. The molecule has 0 spiro atoms. The van der Waals surface area contributed by atoms with Crippen LogP contribution >= 0.6 is 0 Å². The average molecular weight is 277 g/mol. The van der Waals surface area contributed by atoms with Crippen LogP contribution in [-0.4, -0.2) is 41.6 Å². The summed E-state index contributed by atoms with van der Waals surface area (Å²) in [6.07, 6.45) is 5.35. The van der Waals surface area contributed by atoms with Crippen LogP contribution in [0.1, 0.15) is 31.4 Å². The second kappa shape index (κ2) is 6.81. The van der Waals surface area contributed by atoms with Gasteiger partial charge in [0.25, 0.3) is 0 Å². The van der Waals surface area contributed by atoms with Gasteiger partial charge in [-0.3, -0.25) is 9.78 Å². The molecule has 1 amide bonds. The largest absolute Gasteiger partial charge is 0.383 e. The number of rotatable bonds is 6. The molecular formula is C15H23N3O2. The zero-order chi connectivity index (χ0) is 14.4. The zero-order valence-corrected chi connectivity index (χ0v) is 12.0. The molecule has 1 aliphatic carbocycles. The number of amides is 1. The number of nitrogens with zero attached hydrogens (tertiary/aromatic N) is 2. The lowest BCUT2D eigenvalue weighted by Crippen LogP contribution is -2.54. The Morgan fingerprint density at radius 1 is 1.45 bits per heavy atom. The predicted molar refractivity (Wildman–Crippen MR) is 76.9 cm³/mol. The minimum Gasteiger partial charge on any atom is -0.383 e. The molecule has 2 rings (SSSR count). The number of carbonyl (C=O) groups is 1. The molecule has 0 unspecified atom stereocenters. The SMILES string of the molecule is COCCN(Cc1ccccn1)C(=O)C1(N)CCCC1. The first kappa shape index (κ1) is 14.9. The van der Waals surface area contributed by atoms with Gasteiger partial charge in [0.05, 0.1) is 24.4 Å². The van der Waals surface area contributed by atoms with E-state index in [2.05, 4.69) is 4.98 Å². The first-order valence-electron chi connectivity index (χ1n) is 7.13. The van der Waals surface area contributed by atoms with Crippen LogP contribution in [0.15, 0.2) is 24.4 Å². The van der Waals surface area contributed by atoms with Crippen molar-refractivity contribution in [1.82, 2.24) is 9.88 Å². The number of carbonyl (C=O) groups excluding carboxylic acids is 1. The van der Waals surface area contributed by atoms with Crippen molar-refractivity contribution in [3.8, 4) is 0 Å². The molecule has 0 aromatic carbocycles. The van der Waals surface area contributed by atoms with Gasteiger partial charge in [0.15, 0.2) is 0 Å². The number of nitrogens with two attached hydrogens (primary N) is 1. The van der Waals surface area contributed by atoms with Crippen LogP contribution < -0.4 is 5.73 Å². The molecule has 1 aliphatic rings. The van der Waals surface area contributed by atoms with Crippen LogP contribution in [0.2, 0.25) is 0 Å².